The standard InChI is InChI=1S/C21H27N3O3/c1-15-5-4-10-24(14-15)17-7-9-20(22-13-17)23-21(25)12-16-6-8-18(26-2)19(11-16)27-3/h6-9,11,13,15H,4-5,10,12,14H2,1-3H3,(H,22,23,25). The third-order valence-corrected chi connectivity index (χ3v) is 4.85. The van der Waals surface area contributed by atoms with Crippen molar-refractivity contribution in [1.82, 2.24) is 4.98 Å². The van der Waals surface area contributed by atoms with E-state index in [2.05, 4.69) is 22.1 Å². The Morgan fingerprint density at radius 3 is 2.70 bits per heavy atom. The smallest absolute Gasteiger partial charge is 0.229 e. The number of hydrogen-bond donors (Lipinski definition) is 1. The van der Waals surface area contributed by atoms with Crippen LogP contribution in [-0.4, -0.2) is 38.2 Å². The van der Waals surface area contributed by atoms with Crippen LogP contribution in [0.15, 0.2) is 36.5 Å². The molecule has 0 spiro atoms. The number of nitrogens with zero attached hydrogens (tertiary/aromatic N) is 2. The third kappa shape index (κ3) is 4.90. The molecule has 1 saturated heterocycles. The number of carbonyl (C=O) groups excluding carboxylic acids is 1. The average molecular weight is 369 g/mol. The number of nitrogens with one attached hydrogen (secondary N) is 1. The third-order valence-electron chi connectivity index (χ3n) is 4.85. The molecule has 1 atom stereocenters. The Labute approximate surface area is 160 Å². The van der Waals surface area contributed by atoms with Crippen molar-refractivity contribution in [3.05, 3.63) is 42.1 Å². The van der Waals surface area contributed by atoms with Gasteiger partial charge in [-0.15, -0.1) is 0 Å². The fourth-order valence-corrected chi connectivity index (χ4v) is 3.43. The van der Waals surface area contributed by atoms with Crippen molar-refractivity contribution in [3.8, 4) is 11.5 Å². The molecule has 0 bridgehead atoms. The van der Waals surface area contributed by atoms with E-state index in [1.165, 1.54) is 12.8 Å². The van der Waals surface area contributed by atoms with Crippen molar-refractivity contribution >= 4 is 17.4 Å². The number of rotatable bonds is 6. The molecule has 1 N–H and O–H groups in total. The fraction of sp³-hybridized carbons (Fsp3) is 0.429. The van der Waals surface area contributed by atoms with Crippen molar-refractivity contribution in [2.24, 2.45) is 5.92 Å². The number of ether oxygens (including phenoxy) is 2. The Kier molecular flexibility index (Phi) is 6.16. The summed E-state index contributed by atoms with van der Waals surface area (Å²) >= 11 is 0. The summed E-state index contributed by atoms with van der Waals surface area (Å²) in [6.07, 6.45) is 4.58. The number of anilines is 2. The monoisotopic (exact) mass is 369 g/mol. The number of pyridine rings is 1. The van der Waals surface area contributed by atoms with Crippen molar-refractivity contribution in [1.29, 1.82) is 0 Å². The summed E-state index contributed by atoms with van der Waals surface area (Å²) in [4.78, 5) is 19.1. The zero-order valence-electron chi connectivity index (χ0n) is 16.2. The van der Waals surface area contributed by atoms with Crippen molar-refractivity contribution in [2.45, 2.75) is 26.2 Å². The second-order valence-corrected chi connectivity index (χ2v) is 7.01. The van der Waals surface area contributed by atoms with Gasteiger partial charge in [0.2, 0.25) is 5.91 Å². The van der Waals surface area contributed by atoms with Crippen LogP contribution in [0.4, 0.5) is 11.5 Å². The molecule has 0 saturated carbocycles. The van der Waals surface area contributed by atoms with Gasteiger partial charge in [-0.1, -0.05) is 13.0 Å². The predicted octanol–water partition coefficient (Wildman–Crippen LogP) is 3.52. The fourth-order valence-electron chi connectivity index (χ4n) is 3.43. The van der Waals surface area contributed by atoms with Crippen LogP contribution >= 0.6 is 0 Å². The Balaban J connectivity index is 1.59. The molecule has 1 aromatic carbocycles. The lowest BCUT2D eigenvalue weighted by Gasteiger charge is -2.32. The molecule has 1 aliphatic heterocycles. The number of amides is 1. The Hall–Kier alpha value is -2.76. The number of piperidine rings is 1. The number of benzene rings is 1. The molecule has 0 aliphatic carbocycles. The number of aromatic nitrogens is 1. The molecule has 27 heavy (non-hydrogen) atoms. The van der Waals surface area contributed by atoms with Gasteiger partial charge >= 0.3 is 0 Å². The first kappa shape index (κ1) is 19.0. The first-order valence-electron chi connectivity index (χ1n) is 9.31. The van der Waals surface area contributed by atoms with E-state index in [9.17, 15) is 4.79 Å². The molecule has 1 amide bonds. The highest BCUT2D eigenvalue weighted by molar-refractivity contribution is 5.91. The quantitative estimate of drug-likeness (QED) is 0.844. The van der Waals surface area contributed by atoms with Crippen LogP contribution in [-0.2, 0) is 11.2 Å². The van der Waals surface area contributed by atoms with Crippen LogP contribution in [0, 0.1) is 5.92 Å². The lowest BCUT2D eigenvalue weighted by atomic mass is 10.00. The number of hydrogen-bond acceptors (Lipinski definition) is 5. The topological polar surface area (TPSA) is 63.7 Å². The van der Waals surface area contributed by atoms with Gasteiger partial charge in [-0.3, -0.25) is 4.79 Å². The van der Waals surface area contributed by atoms with Gasteiger partial charge in [0, 0.05) is 13.1 Å². The van der Waals surface area contributed by atoms with E-state index in [1.54, 1.807) is 20.3 Å². The van der Waals surface area contributed by atoms with Crippen molar-refractivity contribution in [2.75, 3.05) is 37.5 Å². The van der Waals surface area contributed by atoms with E-state index in [-0.39, 0.29) is 12.3 Å². The summed E-state index contributed by atoms with van der Waals surface area (Å²) in [7, 11) is 3.17. The summed E-state index contributed by atoms with van der Waals surface area (Å²) in [5, 5.41) is 2.85. The minimum Gasteiger partial charge on any atom is -0.493 e. The van der Waals surface area contributed by atoms with E-state index in [4.69, 9.17) is 9.47 Å². The van der Waals surface area contributed by atoms with Crippen LogP contribution < -0.4 is 19.7 Å². The second kappa shape index (κ2) is 8.75. The van der Waals surface area contributed by atoms with Gasteiger partial charge in [-0.2, -0.15) is 0 Å². The molecule has 6 heteroatoms. The summed E-state index contributed by atoms with van der Waals surface area (Å²) in [6, 6.07) is 9.35. The molecular weight excluding hydrogens is 342 g/mol. The van der Waals surface area contributed by atoms with Crippen molar-refractivity contribution in [3.63, 3.8) is 0 Å². The maximum absolute atomic E-state index is 12.3. The second-order valence-electron chi connectivity index (χ2n) is 7.01. The van der Waals surface area contributed by atoms with Gasteiger partial charge in [-0.25, -0.2) is 4.98 Å². The SMILES string of the molecule is COc1ccc(CC(=O)Nc2ccc(N3CCCC(C)C3)cn2)cc1OC. The minimum absolute atomic E-state index is 0.117. The lowest BCUT2D eigenvalue weighted by Crippen LogP contribution is -2.34. The van der Waals surface area contributed by atoms with Crippen LogP contribution in [0.2, 0.25) is 0 Å². The van der Waals surface area contributed by atoms with Crippen LogP contribution in [0.5, 0.6) is 11.5 Å². The first-order valence-corrected chi connectivity index (χ1v) is 9.31. The maximum atomic E-state index is 12.3. The molecule has 1 aromatic heterocycles. The summed E-state index contributed by atoms with van der Waals surface area (Å²) in [5.74, 6) is 2.41. The summed E-state index contributed by atoms with van der Waals surface area (Å²) in [6.45, 7) is 4.41. The molecule has 144 valence electrons. The molecule has 1 fully saturated rings. The average Bonchev–Trinajstić information content (AvgIpc) is 2.68. The highest BCUT2D eigenvalue weighted by Crippen LogP contribution is 2.28. The van der Waals surface area contributed by atoms with E-state index >= 15 is 0 Å². The number of carbonyl (C=O) groups is 1. The summed E-state index contributed by atoms with van der Waals surface area (Å²) < 4.78 is 10.5. The maximum Gasteiger partial charge on any atom is 0.229 e. The zero-order chi connectivity index (χ0) is 19.2. The number of methoxy groups -OCH3 is 2. The highest BCUT2D eigenvalue weighted by Gasteiger charge is 2.17. The normalized spacial score (nSPS) is 16.7. The molecule has 1 unspecified atom stereocenters. The Morgan fingerprint density at radius 1 is 1.22 bits per heavy atom. The first-order chi connectivity index (χ1) is 13.1. The zero-order valence-corrected chi connectivity index (χ0v) is 16.2. The molecule has 2 aromatic rings. The molecule has 6 nitrogen and oxygen atoms in total. The van der Waals surface area contributed by atoms with Gasteiger partial charge in [0.05, 0.1) is 32.5 Å². The van der Waals surface area contributed by atoms with Crippen LogP contribution in [0.1, 0.15) is 25.3 Å². The van der Waals surface area contributed by atoms with E-state index < -0.39 is 0 Å². The molecule has 0 radical (unpaired) electrons. The van der Waals surface area contributed by atoms with E-state index in [0.29, 0.717) is 23.2 Å². The van der Waals surface area contributed by atoms with Gasteiger partial charge < -0.3 is 19.7 Å². The van der Waals surface area contributed by atoms with E-state index in [1.807, 2.05) is 30.5 Å². The predicted molar refractivity (Wildman–Crippen MR) is 107 cm³/mol. The van der Waals surface area contributed by atoms with Gasteiger partial charge in [0.1, 0.15) is 5.82 Å². The highest BCUT2D eigenvalue weighted by atomic mass is 16.5. The molecule has 2 heterocycles. The van der Waals surface area contributed by atoms with Gasteiger partial charge in [0.15, 0.2) is 11.5 Å². The summed E-state index contributed by atoms with van der Waals surface area (Å²) in [5.41, 5.74) is 1.96. The van der Waals surface area contributed by atoms with Crippen molar-refractivity contribution < 1.29 is 14.3 Å². The van der Waals surface area contributed by atoms with Crippen LogP contribution in [0.3, 0.4) is 0 Å². The lowest BCUT2D eigenvalue weighted by molar-refractivity contribution is -0.115. The molecule has 1 aliphatic rings. The molecular formula is C21H27N3O3. The minimum atomic E-state index is -0.117. The van der Waals surface area contributed by atoms with Crippen LogP contribution in [0.25, 0.3) is 0 Å². The molecule has 3 rings (SSSR count). The van der Waals surface area contributed by atoms with Gasteiger partial charge in [0.25, 0.3) is 0 Å². The Morgan fingerprint density at radius 2 is 2.04 bits per heavy atom. The Bertz CT molecular complexity index is 777. The van der Waals surface area contributed by atoms with Gasteiger partial charge in [-0.05, 0) is 48.6 Å². The largest absolute Gasteiger partial charge is 0.493 e. The van der Waals surface area contributed by atoms with E-state index in [0.717, 1.165) is 24.3 Å².